The van der Waals surface area contributed by atoms with E-state index in [9.17, 15) is 17.6 Å². The number of hydrogen-bond donors (Lipinski definition) is 0. The van der Waals surface area contributed by atoms with Gasteiger partial charge in [0.1, 0.15) is 11.9 Å². The molecule has 1 heterocycles. The number of carbonyl (C=O) groups is 1. The molecule has 2 aromatic carbocycles. The van der Waals surface area contributed by atoms with Gasteiger partial charge in [0.05, 0.1) is 17.6 Å². The number of anilines is 2. The summed E-state index contributed by atoms with van der Waals surface area (Å²) in [4.78, 5) is 17.0. The molecule has 1 atom stereocenters. The van der Waals surface area contributed by atoms with E-state index in [1.54, 1.807) is 29.2 Å². The van der Waals surface area contributed by atoms with Crippen LogP contribution in [0.3, 0.4) is 0 Å². The number of sulfonamides is 1. The number of carbonyl (C=O) groups excluding carboxylic acids is 1. The topological polar surface area (TPSA) is 60.9 Å². The van der Waals surface area contributed by atoms with Gasteiger partial charge in [0, 0.05) is 26.2 Å². The van der Waals surface area contributed by atoms with Crippen LogP contribution in [0.15, 0.2) is 42.5 Å². The molecule has 6 nitrogen and oxygen atoms in total. The SMILES string of the molecule is CC[C@@H](C(=O)N1CCN(c2ccccc2F)CC1)N(c1ccc(C)c(C)c1)S(C)(=O)=O. The van der Waals surface area contributed by atoms with Gasteiger partial charge in [0.25, 0.3) is 0 Å². The predicted molar refractivity (Wildman–Crippen MR) is 123 cm³/mol. The molecule has 0 unspecified atom stereocenters. The van der Waals surface area contributed by atoms with Crippen LogP contribution >= 0.6 is 0 Å². The molecule has 3 rings (SSSR count). The lowest BCUT2D eigenvalue weighted by Gasteiger charge is -2.39. The number of halogens is 1. The lowest BCUT2D eigenvalue weighted by Crippen LogP contribution is -2.56. The Labute approximate surface area is 184 Å². The Morgan fingerprint density at radius 3 is 2.26 bits per heavy atom. The Morgan fingerprint density at radius 2 is 1.71 bits per heavy atom. The van der Waals surface area contributed by atoms with E-state index in [1.165, 1.54) is 10.4 Å². The van der Waals surface area contributed by atoms with Gasteiger partial charge in [-0.3, -0.25) is 9.10 Å². The van der Waals surface area contributed by atoms with Crippen LogP contribution < -0.4 is 9.21 Å². The van der Waals surface area contributed by atoms with Crippen LogP contribution in [-0.2, 0) is 14.8 Å². The number of aryl methyl sites for hydroxylation is 2. The van der Waals surface area contributed by atoms with Crippen molar-refractivity contribution >= 4 is 27.3 Å². The summed E-state index contributed by atoms with van der Waals surface area (Å²) in [5.41, 5.74) is 3.04. The van der Waals surface area contributed by atoms with E-state index in [0.717, 1.165) is 17.4 Å². The fourth-order valence-corrected chi connectivity index (χ4v) is 5.19. The molecule has 31 heavy (non-hydrogen) atoms. The number of piperazine rings is 1. The molecule has 1 fully saturated rings. The molecule has 1 amide bonds. The largest absolute Gasteiger partial charge is 0.366 e. The maximum atomic E-state index is 14.1. The fourth-order valence-electron chi connectivity index (χ4n) is 3.99. The minimum absolute atomic E-state index is 0.223. The van der Waals surface area contributed by atoms with Crippen molar-refractivity contribution in [2.75, 3.05) is 41.6 Å². The van der Waals surface area contributed by atoms with Gasteiger partial charge >= 0.3 is 0 Å². The van der Waals surface area contributed by atoms with Crippen molar-refractivity contribution in [3.8, 4) is 0 Å². The minimum Gasteiger partial charge on any atom is -0.366 e. The van der Waals surface area contributed by atoms with Crippen LogP contribution in [0.25, 0.3) is 0 Å². The van der Waals surface area contributed by atoms with Crippen molar-refractivity contribution in [2.24, 2.45) is 0 Å². The zero-order valence-electron chi connectivity index (χ0n) is 18.5. The van der Waals surface area contributed by atoms with E-state index in [0.29, 0.717) is 44.0 Å². The first-order valence-electron chi connectivity index (χ1n) is 10.5. The van der Waals surface area contributed by atoms with Crippen molar-refractivity contribution in [2.45, 2.75) is 33.2 Å². The first-order valence-corrected chi connectivity index (χ1v) is 12.3. The van der Waals surface area contributed by atoms with Gasteiger partial charge in [-0.1, -0.05) is 25.1 Å². The molecule has 1 saturated heterocycles. The van der Waals surface area contributed by atoms with Crippen LogP contribution in [-0.4, -0.2) is 57.7 Å². The number of para-hydroxylation sites is 1. The first kappa shape index (κ1) is 23.1. The average Bonchev–Trinajstić information content (AvgIpc) is 2.73. The second kappa shape index (κ2) is 9.26. The summed E-state index contributed by atoms with van der Waals surface area (Å²) in [6.45, 7) is 7.50. The van der Waals surface area contributed by atoms with Crippen LogP contribution in [0.4, 0.5) is 15.8 Å². The van der Waals surface area contributed by atoms with E-state index >= 15 is 0 Å². The smallest absolute Gasteiger partial charge is 0.246 e. The quantitative estimate of drug-likeness (QED) is 0.682. The normalized spacial score (nSPS) is 15.6. The summed E-state index contributed by atoms with van der Waals surface area (Å²) in [6, 6.07) is 11.2. The van der Waals surface area contributed by atoms with E-state index in [-0.39, 0.29) is 11.7 Å². The lowest BCUT2D eigenvalue weighted by atomic mass is 10.1. The molecule has 168 valence electrons. The monoisotopic (exact) mass is 447 g/mol. The molecule has 0 aliphatic carbocycles. The van der Waals surface area contributed by atoms with Gasteiger partial charge < -0.3 is 9.80 Å². The van der Waals surface area contributed by atoms with E-state index in [4.69, 9.17) is 0 Å². The molecule has 0 radical (unpaired) electrons. The number of nitrogens with zero attached hydrogens (tertiary/aromatic N) is 3. The second-order valence-corrected chi connectivity index (χ2v) is 9.87. The van der Waals surface area contributed by atoms with Gasteiger partial charge in [-0.2, -0.15) is 0 Å². The number of rotatable bonds is 6. The molecule has 1 aliphatic rings. The first-order chi connectivity index (χ1) is 14.6. The summed E-state index contributed by atoms with van der Waals surface area (Å²) in [6.07, 6.45) is 1.49. The predicted octanol–water partition coefficient (Wildman–Crippen LogP) is 3.34. The van der Waals surface area contributed by atoms with Gasteiger partial charge in [-0.05, 0) is 55.7 Å². The Kier molecular flexibility index (Phi) is 6.89. The number of amides is 1. The molecule has 0 saturated carbocycles. The maximum absolute atomic E-state index is 14.1. The molecule has 2 aromatic rings. The Bertz CT molecular complexity index is 1050. The molecular weight excluding hydrogens is 417 g/mol. The highest BCUT2D eigenvalue weighted by atomic mass is 32.2. The summed E-state index contributed by atoms with van der Waals surface area (Å²) >= 11 is 0. The number of benzene rings is 2. The van der Waals surface area contributed by atoms with Crippen molar-refractivity contribution in [3.63, 3.8) is 0 Å². The molecule has 8 heteroatoms. The third-order valence-electron chi connectivity index (χ3n) is 5.84. The van der Waals surface area contributed by atoms with Crippen molar-refractivity contribution in [3.05, 3.63) is 59.4 Å². The molecule has 0 aromatic heterocycles. The van der Waals surface area contributed by atoms with Gasteiger partial charge in [-0.15, -0.1) is 0 Å². The van der Waals surface area contributed by atoms with Crippen molar-refractivity contribution in [1.29, 1.82) is 0 Å². The zero-order valence-corrected chi connectivity index (χ0v) is 19.3. The van der Waals surface area contributed by atoms with E-state index < -0.39 is 16.1 Å². The summed E-state index contributed by atoms with van der Waals surface area (Å²) in [7, 11) is -3.68. The maximum Gasteiger partial charge on any atom is 0.246 e. The minimum atomic E-state index is -3.68. The van der Waals surface area contributed by atoms with E-state index in [2.05, 4.69) is 0 Å². The highest BCUT2D eigenvalue weighted by Crippen LogP contribution is 2.27. The molecule has 0 spiro atoms. The standard InChI is InChI=1S/C23H30FN3O3S/c1-5-21(27(31(4,29)30)19-11-10-17(2)18(3)16-19)23(28)26-14-12-25(13-15-26)22-9-7-6-8-20(22)24/h6-11,16,21H,5,12-15H2,1-4H3/t21-/m0/s1. The van der Waals surface area contributed by atoms with E-state index in [1.807, 2.05) is 37.8 Å². The van der Waals surface area contributed by atoms with Gasteiger partial charge in [-0.25, -0.2) is 12.8 Å². The van der Waals surface area contributed by atoms with Crippen molar-refractivity contribution in [1.82, 2.24) is 4.90 Å². The fraction of sp³-hybridized carbons (Fsp3) is 0.435. The highest BCUT2D eigenvalue weighted by Gasteiger charge is 2.35. The molecular formula is C23H30FN3O3S. The second-order valence-electron chi connectivity index (χ2n) is 8.02. The highest BCUT2D eigenvalue weighted by molar-refractivity contribution is 7.92. The van der Waals surface area contributed by atoms with Crippen LogP contribution in [0.1, 0.15) is 24.5 Å². The number of hydrogen-bond acceptors (Lipinski definition) is 4. The summed E-state index contributed by atoms with van der Waals surface area (Å²) in [5, 5.41) is 0. The summed E-state index contributed by atoms with van der Waals surface area (Å²) < 4.78 is 40.7. The van der Waals surface area contributed by atoms with Gasteiger partial charge in [0.15, 0.2) is 0 Å². The van der Waals surface area contributed by atoms with Crippen LogP contribution in [0.2, 0.25) is 0 Å². The lowest BCUT2D eigenvalue weighted by molar-refractivity contribution is -0.132. The third kappa shape index (κ3) is 5.01. The van der Waals surface area contributed by atoms with Crippen molar-refractivity contribution < 1.29 is 17.6 Å². The molecule has 0 bridgehead atoms. The molecule has 0 N–H and O–H groups in total. The summed E-state index contributed by atoms with van der Waals surface area (Å²) in [5.74, 6) is -0.508. The Hall–Kier alpha value is -2.61. The Balaban J connectivity index is 1.81. The molecule has 1 aliphatic heterocycles. The van der Waals surface area contributed by atoms with Crippen LogP contribution in [0.5, 0.6) is 0 Å². The Morgan fingerprint density at radius 1 is 1.06 bits per heavy atom. The zero-order chi connectivity index (χ0) is 22.8. The van der Waals surface area contributed by atoms with Crippen LogP contribution in [0, 0.1) is 19.7 Å². The third-order valence-corrected chi connectivity index (χ3v) is 7.02. The average molecular weight is 448 g/mol. The van der Waals surface area contributed by atoms with Gasteiger partial charge in [0.2, 0.25) is 15.9 Å².